The Bertz CT molecular complexity index is 273. The van der Waals surface area contributed by atoms with Crippen LogP contribution in [0.4, 0.5) is 4.79 Å². The molecule has 0 bridgehead atoms. The third kappa shape index (κ3) is 5.71. The highest BCUT2D eigenvalue weighted by Gasteiger charge is 2.22. The Balaban J connectivity index is 2.28. The van der Waals surface area contributed by atoms with Crippen molar-refractivity contribution < 1.29 is 9.90 Å². The van der Waals surface area contributed by atoms with E-state index < -0.39 is 6.10 Å². The van der Waals surface area contributed by atoms with Crippen LogP contribution in [-0.2, 0) is 0 Å². The standard InChI is InChI=1S/C14H28N2O2/c1-11-6-5-7-16(10-11)13(18)15-9-12(17)8-14(2,3)4/h11-12,17H,5-10H2,1-4H3,(H,15,18). The molecule has 0 saturated carbocycles. The normalized spacial score (nSPS) is 22.7. The molecular formula is C14H28N2O2. The van der Waals surface area contributed by atoms with Crippen molar-refractivity contribution in [3.8, 4) is 0 Å². The van der Waals surface area contributed by atoms with Gasteiger partial charge in [0.25, 0.3) is 0 Å². The highest BCUT2D eigenvalue weighted by atomic mass is 16.3. The van der Waals surface area contributed by atoms with Crippen molar-refractivity contribution in [3.05, 3.63) is 0 Å². The van der Waals surface area contributed by atoms with E-state index in [0.29, 0.717) is 18.9 Å². The minimum Gasteiger partial charge on any atom is -0.391 e. The average Bonchev–Trinajstić information content (AvgIpc) is 2.23. The molecule has 4 heteroatoms. The zero-order valence-electron chi connectivity index (χ0n) is 12.2. The van der Waals surface area contributed by atoms with Gasteiger partial charge in [-0.3, -0.25) is 0 Å². The first-order valence-electron chi connectivity index (χ1n) is 6.99. The number of nitrogens with zero attached hydrogens (tertiary/aromatic N) is 1. The summed E-state index contributed by atoms with van der Waals surface area (Å²) in [7, 11) is 0. The Labute approximate surface area is 111 Å². The number of hydrogen-bond acceptors (Lipinski definition) is 2. The van der Waals surface area contributed by atoms with Crippen molar-refractivity contribution >= 4 is 6.03 Å². The molecular weight excluding hydrogens is 228 g/mol. The molecule has 106 valence electrons. The van der Waals surface area contributed by atoms with Gasteiger partial charge in [-0.1, -0.05) is 27.7 Å². The number of rotatable bonds is 3. The van der Waals surface area contributed by atoms with Crippen molar-refractivity contribution in [1.82, 2.24) is 10.2 Å². The number of nitrogens with one attached hydrogen (secondary N) is 1. The third-order valence-electron chi connectivity index (χ3n) is 3.28. The SMILES string of the molecule is CC1CCCN(C(=O)NCC(O)CC(C)(C)C)C1. The van der Waals surface area contributed by atoms with Crippen molar-refractivity contribution in [2.24, 2.45) is 11.3 Å². The summed E-state index contributed by atoms with van der Waals surface area (Å²) < 4.78 is 0. The van der Waals surface area contributed by atoms with Gasteiger partial charge in [-0.25, -0.2) is 4.79 Å². The van der Waals surface area contributed by atoms with E-state index >= 15 is 0 Å². The molecule has 4 nitrogen and oxygen atoms in total. The summed E-state index contributed by atoms with van der Waals surface area (Å²) >= 11 is 0. The van der Waals surface area contributed by atoms with Crippen LogP contribution in [0.3, 0.4) is 0 Å². The Morgan fingerprint density at radius 3 is 2.72 bits per heavy atom. The Kier molecular flexibility index (Phi) is 5.45. The quantitative estimate of drug-likeness (QED) is 0.813. The number of hydrogen-bond donors (Lipinski definition) is 2. The van der Waals surface area contributed by atoms with E-state index in [9.17, 15) is 9.90 Å². The van der Waals surface area contributed by atoms with Crippen molar-refractivity contribution in [2.75, 3.05) is 19.6 Å². The van der Waals surface area contributed by atoms with E-state index in [4.69, 9.17) is 0 Å². The molecule has 1 aliphatic heterocycles. The second-order valence-electron chi connectivity index (χ2n) is 6.80. The van der Waals surface area contributed by atoms with Crippen LogP contribution >= 0.6 is 0 Å². The average molecular weight is 256 g/mol. The number of urea groups is 1. The minimum absolute atomic E-state index is 0.0329. The van der Waals surface area contributed by atoms with Crippen LogP contribution in [0.5, 0.6) is 0 Å². The predicted octanol–water partition coefficient (Wildman–Crippen LogP) is 2.22. The van der Waals surface area contributed by atoms with E-state index in [0.717, 1.165) is 19.5 Å². The Hall–Kier alpha value is -0.770. The van der Waals surface area contributed by atoms with Gasteiger partial charge in [0.2, 0.25) is 0 Å². The summed E-state index contributed by atoms with van der Waals surface area (Å²) in [5, 5.41) is 12.7. The lowest BCUT2D eigenvalue weighted by Crippen LogP contribution is -2.47. The van der Waals surface area contributed by atoms with Crippen LogP contribution in [0.2, 0.25) is 0 Å². The van der Waals surface area contributed by atoms with E-state index in [1.165, 1.54) is 6.42 Å². The Morgan fingerprint density at radius 2 is 2.17 bits per heavy atom. The number of aliphatic hydroxyl groups is 1. The fraction of sp³-hybridized carbons (Fsp3) is 0.929. The van der Waals surface area contributed by atoms with Gasteiger partial charge in [0.1, 0.15) is 0 Å². The lowest BCUT2D eigenvalue weighted by Gasteiger charge is -2.31. The number of piperidine rings is 1. The van der Waals surface area contributed by atoms with Crippen molar-refractivity contribution in [3.63, 3.8) is 0 Å². The highest BCUT2D eigenvalue weighted by Crippen LogP contribution is 2.20. The largest absolute Gasteiger partial charge is 0.391 e. The number of carbonyl (C=O) groups is 1. The summed E-state index contributed by atoms with van der Waals surface area (Å²) in [6.45, 7) is 10.5. The molecule has 2 amide bonds. The molecule has 2 unspecified atom stereocenters. The van der Waals surface area contributed by atoms with E-state index in [1.807, 2.05) is 4.90 Å². The van der Waals surface area contributed by atoms with E-state index in [2.05, 4.69) is 33.0 Å². The molecule has 1 saturated heterocycles. The first kappa shape index (κ1) is 15.3. The van der Waals surface area contributed by atoms with E-state index in [-0.39, 0.29) is 11.4 Å². The number of aliphatic hydroxyl groups excluding tert-OH is 1. The highest BCUT2D eigenvalue weighted by molar-refractivity contribution is 5.74. The number of likely N-dealkylation sites (tertiary alicyclic amines) is 1. The van der Waals surface area contributed by atoms with Gasteiger partial charge in [0.15, 0.2) is 0 Å². The first-order chi connectivity index (χ1) is 8.28. The molecule has 1 rings (SSSR count). The van der Waals surface area contributed by atoms with Gasteiger partial charge in [-0.2, -0.15) is 0 Å². The second-order valence-corrected chi connectivity index (χ2v) is 6.80. The smallest absolute Gasteiger partial charge is 0.317 e. The van der Waals surface area contributed by atoms with Gasteiger partial charge >= 0.3 is 6.03 Å². The molecule has 0 aromatic carbocycles. The molecule has 18 heavy (non-hydrogen) atoms. The van der Waals surface area contributed by atoms with Crippen LogP contribution in [0.15, 0.2) is 0 Å². The zero-order valence-corrected chi connectivity index (χ0v) is 12.2. The van der Waals surface area contributed by atoms with Crippen LogP contribution < -0.4 is 5.32 Å². The molecule has 0 radical (unpaired) electrons. The minimum atomic E-state index is -0.462. The van der Waals surface area contributed by atoms with Crippen LogP contribution in [-0.4, -0.2) is 41.8 Å². The summed E-state index contributed by atoms with van der Waals surface area (Å²) in [6, 6.07) is -0.0329. The molecule has 2 N–H and O–H groups in total. The van der Waals surface area contributed by atoms with Gasteiger partial charge in [0.05, 0.1) is 6.10 Å². The monoisotopic (exact) mass is 256 g/mol. The summed E-state index contributed by atoms with van der Waals surface area (Å²) in [6.07, 6.45) is 2.52. The molecule has 0 spiro atoms. The molecule has 1 heterocycles. The maximum atomic E-state index is 11.9. The van der Waals surface area contributed by atoms with Crippen LogP contribution in [0, 0.1) is 11.3 Å². The van der Waals surface area contributed by atoms with Crippen LogP contribution in [0.25, 0.3) is 0 Å². The van der Waals surface area contributed by atoms with Crippen molar-refractivity contribution in [2.45, 2.75) is 53.1 Å². The molecule has 1 fully saturated rings. The van der Waals surface area contributed by atoms with Gasteiger partial charge in [0, 0.05) is 19.6 Å². The first-order valence-corrected chi connectivity index (χ1v) is 6.99. The fourth-order valence-electron chi connectivity index (χ4n) is 2.47. The fourth-order valence-corrected chi connectivity index (χ4v) is 2.47. The summed E-state index contributed by atoms with van der Waals surface area (Å²) in [4.78, 5) is 13.8. The van der Waals surface area contributed by atoms with Gasteiger partial charge < -0.3 is 15.3 Å². The maximum absolute atomic E-state index is 11.9. The van der Waals surface area contributed by atoms with Crippen LogP contribution in [0.1, 0.15) is 47.0 Å². The van der Waals surface area contributed by atoms with E-state index in [1.54, 1.807) is 0 Å². The second kappa shape index (κ2) is 6.41. The lowest BCUT2D eigenvalue weighted by atomic mass is 9.89. The summed E-state index contributed by atoms with van der Waals surface area (Å²) in [5.74, 6) is 0.587. The number of carbonyl (C=O) groups excluding carboxylic acids is 1. The maximum Gasteiger partial charge on any atom is 0.317 e. The Morgan fingerprint density at radius 1 is 1.50 bits per heavy atom. The number of amides is 2. The zero-order chi connectivity index (χ0) is 13.8. The molecule has 2 atom stereocenters. The third-order valence-corrected chi connectivity index (χ3v) is 3.28. The van der Waals surface area contributed by atoms with Gasteiger partial charge in [-0.15, -0.1) is 0 Å². The predicted molar refractivity (Wildman–Crippen MR) is 73.4 cm³/mol. The summed E-state index contributed by atoms with van der Waals surface area (Å²) in [5.41, 5.74) is 0.0871. The molecule has 0 aromatic heterocycles. The van der Waals surface area contributed by atoms with Crippen molar-refractivity contribution in [1.29, 1.82) is 0 Å². The lowest BCUT2D eigenvalue weighted by molar-refractivity contribution is 0.115. The topological polar surface area (TPSA) is 52.6 Å². The molecule has 0 aromatic rings. The van der Waals surface area contributed by atoms with Gasteiger partial charge in [-0.05, 0) is 30.6 Å². The molecule has 0 aliphatic carbocycles. The molecule has 1 aliphatic rings.